The molecule has 1 heteroatoms. The Hall–Kier alpha value is -0.823. The Morgan fingerprint density at radius 2 is 1.08 bits per heavy atom. The van der Waals surface area contributed by atoms with Gasteiger partial charge in [0.25, 0.3) is 0 Å². The Balaban J connectivity index is 1.59. The van der Waals surface area contributed by atoms with Crippen LogP contribution < -0.4 is 0 Å². The second-order valence-electron chi connectivity index (χ2n) is 7.92. The van der Waals surface area contributed by atoms with Gasteiger partial charge in [0.1, 0.15) is 0 Å². The molecule has 0 spiro atoms. The lowest BCUT2D eigenvalue weighted by molar-refractivity contribution is 0.771. The molecule has 0 N–H and O–H groups in total. The highest BCUT2D eigenvalue weighted by Crippen LogP contribution is 2.58. The van der Waals surface area contributed by atoms with Crippen LogP contribution in [0.4, 0.5) is 0 Å². The van der Waals surface area contributed by atoms with E-state index in [9.17, 15) is 0 Å². The summed E-state index contributed by atoms with van der Waals surface area (Å²) in [6.07, 6.45) is 27.5. The average Bonchev–Trinajstić information content (AvgIpc) is 3.11. The van der Waals surface area contributed by atoms with Crippen molar-refractivity contribution in [2.24, 2.45) is 11.8 Å². The van der Waals surface area contributed by atoms with Crippen LogP contribution in [0.5, 0.6) is 0 Å². The molecule has 0 heterocycles. The van der Waals surface area contributed by atoms with Gasteiger partial charge in [-0.2, -0.15) is 0 Å². The highest BCUT2D eigenvalue weighted by atomic mass is 28.3. The Morgan fingerprint density at radius 1 is 0.640 bits per heavy atom. The van der Waals surface area contributed by atoms with Gasteiger partial charge in [-0.1, -0.05) is 75.5 Å². The summed E-state index contributed by atoms with van der Waals surface area (Å²) in [6, 6.07) is 0. The van der Waals surface area contributed by atoms with Gasteiger partial charge < -0.3 is 0 Å². The molecule has 126 valence electrons. The number of hydrogen-bond acceptors (Lipinski definition) is 0. The Labute approximate surface area is 156 Å². The van der Waals surface area contributed by atoms with Crippen molar-refractivity contribution in [3.8, 4) is 0 Å². The molecule has 0 aliphatic heterocycles. The van der Waals surface area contributed by atoms with E-state index in [2.05, 4.69) is 101 Å². The third-order valence-electron chi connectivity index (χ3n) is 5.94. The number of hydrogen-bond donors (Lipinski definition) is 0. The van der Waals surface area contributed by atoms with Gasteiger partial charge >= 0.3 is 0 Å². The number of rotatable bonds is 2. The van der Waals surface area contributed by atoms with Crippen LogP contribution in [0.3, 0.4) is 0 Å². The monoisotopic (exact) mass is 342 g/mol. The highest BCUT2D eigenvalue weighted by molar-refractivity contribution is 6.90. The second-order valence-corrected chi connectivity index (χ2v) is 12.2. The molecule has 0 amide bonds. The fourth-order valence-electron chi connectivity index (χ4n) is 4.39. The first-order valence-electron chi connectivity index (χ1n) is 9.30. The molecule has 0 bridgehead atoms. The van der Waals surface area contributed by atoms with E-state index in [1.165, 1.54) is 23.7 Å². The molecule has 0 aromatic carbocycles. The third-order valence-corrected chi connectivity index (χ3v) is 9.50. The summed E-state index contributed by atoms with van der Waals surface area (Å²) in [5, 5.41) is 0. The van der Waals surface area contributed by atoms with Crippen molar-refractivity contribution >= 4 is 8.07 Å². The van der Waals surface area contributed by atoms with E-state index in [1.54, 1.807) is 11.1 Å². The quantitative estimate of drug-likeness (QED) is 0.574. The lowest BCUT2D eigenvalue weighted by Gasteiger charge is -2.40. The summed E-state index contributed by atoms with van der Waals surface area (Å²) in [5.41, 5.74) is 3.14. The maximum atomic E-state index is 2.51. The SMILES string of the molecule is CC1C=CC=C[C]2[C]1[CH][CH][C]2[Si](C)(C)[C]1[CH][CH][C]2[C]1C=CC=CC2C. The minimum atomic E-state index is -1.77. The van der Waals surface area contributed by atoms with Crippen molar-refractivity contribution in [2.45, 2.75) is 26.9 Å². The van der Waals surface area contributed by atoms with Crippen molar-refractivity contribution in [1.29, 1.82) is 0 Å². The minimum Gasteiger partial charge on any atom is -0.0811 e. The lowest BCUT2D eigenvalue weighted by Crippen LogP contribution is -2.45. The summed E-state index contributed by atoms with van der Waals surface area (Å²) in [7, 11) is -1.77. The first kappa shape index (κ1) is 17.6. The van der Waals surface area contributed by atoms with Crippen LogP contribution in [0.2, 0.25) is 13.1 Å². The molecular formula is C24H26Si. The van der Waals surface area contributed by atoms with Crippen molar-refractivity contribution in [2.75, 3.05) is 0 Å². The van der Waals surface area contributed by atoms with Gasteiger partial charge in [-0.25, -0.2) is 0 Å². The maximum Gasteiger partial charge on any atom is 0.0634 e. The molecule has 2 saturated carbocycles. The highest BCUT2D eigenvalue weighted by Gasteiger charge is 2.54. The summed E-state index contributed by atoms with van der Waals surface area (Å²) in [5.74, 6) is 6.86. The fourth-order valence-corrected chi connectivity index (χ4v) is 7.48. The predicted octanol–water partition coefficient (Wildman–Crippen LogP) is 5.59. The summed E-state index contributed by atoms with van der Waals surface area (Å²) in [4.78, 5) is 0. The van der Waals surface area contributed by atoms with E-state index in [-0.39, 0.29) is 0 Å². The lowest BCUT2D eigenvalue weighted by atomic mass is 9.85. The second kappa shape index (κ2) is 6.72. The van der Waals surface area contributed by atoms with Crippen LogP contribution in [0, 0.1) is 72.3 Å². The van der Waals surface area contributed by atoms with Gasteiger partial charge in [-0.15, -0.1) is 0 Å². The third kappa shape index (κ3) is 2.97. The first-order chi connectivity index (χ1) is 12.0. The molecule has 0 aromatic heterocycles. The molecule has 0 aromatic rings. The molecular weight excluding hydrogens is 316 g/mol. The zero-order valence-electron chi connectivity index (χ0n) is 15.6. The van der Waals surface area contributed by atoms with Crippen LogP contribution >= 0.6 is 0 Å². The number of allylic oxidation sites excluding steroid dienone is 8. The summed E-state index contributed by atoms with van der Waals surface area (Å²) < 4.78 is 0. The minimum absolute atomic E-state index is 0.490. The molecule has 4 aliphatic rings. The molecule has 25 heavy (non-hydrogen) atoms. The Bertz CT molecular complexity index is 556. The largest absolute Gasteiger partial charge is 0.0811 e. The van der Waals surface area contributed by atoms with E-state index >= 15 is 0 Å². The van der Waals surface area contributed by atoms with E-state index in [4.69, 9.17) is 0 Å². The molecule has 2 unspecified atom stereocenters. The van der Waals surface area contributed by atoms with Crippen LogP contribution in [-0.4, -0.2) is 8.07 Å². The summed E-state index contributed by atoms with van der Waals surface area (Å²) >= 11 is 0. The Morgan fingerprint density at radius 3 is 1.52 bits per heavy atom. The van der Waals surface area contributed by atoms with Gasteiger partial charge in [-0.05, 0) is 60.4 Å². The molecule has 0 saturated heterocycles. The van der Waals surface area contributed by atoms with E-state index < -0.39 is 8.07 Å². The molecule has 4 rings (SSSR count). The molecule has 2 fully saturated rings. The van der Waals surface area contributed by atoms with Crippen molar-refractivity contribution < 1.29 is 0 Å². The molecule has 4 aliphatic carbocycles. The molecule has 0 nitrogen and oxygen atoms in total. The van der Waals surface area contributed by atoms with E-state index in [1.807, 2.05) is 0 Å². The molecule has 2 atom stereocenters. The van der Waals surface area contributed by atoms with Gasteiger partial charge in [-0.3, -0.25) is 0 Å². The zero-order valence-corrected chi connectivity index (χ0v) is 16.6. The summed E-state index contributed by atoms with van der Waals surface area (Å²) in [6.45, 7) is 9.61. The van der Waals surface area contributed by atoms with Crippen molar-refractivity contribution in [1.82, 2.24) is 0 Å². The van der Waals surface area contributed by atoms with Crippen LogP contribution in [0.25, 0.3) is 0 Å². The average molecular weight is 343 g/mol. The van der Waals surface area contributed by atoms with Crippen LogP contribution in [0.15, 0.2) is 48.6 Å². The standard InChI is InChI=1S/C24H26Si/c1-17-9-5-7-11-21-19(17)13-15-23(21)25(3,4)24-16-14-20-18(2)10-6-8-12-22(20)24/h5-18H,1-4H3. The van der Waals surface area contributed by atoms with Gasteiger partial charge in [0, 0.05) is 11.8 Å². The normalized spacial score (nSPS) is 33.0. The van der Waals surface area contributed by atoms with Gasteiger partial charge in [0.05, 0.1) is 8.07 Å². The maximum absolute atomic E-state index is 2.51. The number of fused-ring (bicyclic) bond motifs is 2. The Kier molecular flexibility index (Phi) is 4.73. The fraction of sp³-hybridized carbons (Fsp3) is 0.250. The topological polar surface area (TPSA) is 0 Å². The predicted molar refractivity (Wildman–Crippen MR) is 109 cm³/mol. The first-order valence-corrected chi connectivity index (χ1v) is 12.3. The zero-order chi connectivity index (χ0) is 17.6. The van der Waals surface area contributed by atoms with Crippen molar-refractivity contribution in [3.63, 3.8) is 0 Å². The van der Waals surface area contributed by atoms with E-state index in [0.29, 0.717) is 11.8 Å². The van der Waals surface area contributed by atoms with Gasteiger partial charge in [0.15, 0.2) is 0 Å². The van der Waals surface area contributed by atoms with Crippen molar-refractivity contribution in [3.05, 3.63) is 109 Å². The smallest absolute Gasteiger partial charge is 0.0634 e. The van der Waals surface area contributed by atoms with Crippen LogP contribution in [0.1, 0.15) is 13.8 Å². The van der Waals surface area contributed by atoms with Gasteiger partial charge in [0.2, 0.25) is 0 Å². The van der Waals surface area contributed by atoms with Crippen LogP contribution in [-0.2, 0) is 0 Å². The van der Waals surface area contributed by atoms with E-state index in [0.717, 1.165) is 0 Å². The molecule has 10 radical (unpaired) electrons.